The van der Waals surface area contributed by atoms with E-state index in [1.807, 2.05) is 13.8 Å². The Kier molecular flexibility index (Phi) is 4.49. The first-order valence-electron chi connectivity index (χ1n) is 5.31. The number of hydrogen-bond acceptors (Lipinski definition) is 3. The van der Waals surface area contributed by atoms with E-state index in [1.54, 1.807) is 10.6 Å². The SMILES string of the molecule is Cc1cc(=O)n(CCCCCO)c(C)n1. The number of aromatic nitrogens is 2. The Morgan fingerprint density at radius 3 is 2.67 bits per heavy atom. The maximum Gasteiger partial charge on any atom is 0.253 e. The lowest BCUT2D eigenvalue weighted by Gasteiger charge is -2.08. The lowest BCUT2D eigenvalue weighted by Crippen LogP contribution is -2.23. The average Bonchev–Trinajstić information content (AvgIpc) is 2.15. The fraction of sp³-hybridized carbons (Fsp3) is 0.636. The Morgan fingerprint density at radius 1 is 1.33 bits per heavy atom. The summed E-state index contributed by atoms with van der Waals surface area (Å²) in [5.74, 6) is 0.768. The zero-order chi connectivity index (χ0) is 11.3. The van der Waals surface area contributed by atoms with Gasteiger partial charge in [-0.15, -0.1) is 0 Å². The van der Waals surface area contributed by atoms with Crippen molar-refractivity contribution in [2.75, 3.05) is 6.61 Å². The summed E-state index contributed by atoms with van der Waals surface area (Å²) in [7, 11) is 0. The first-order valence-corrected chi connectivity index (χ1v) is 5.31. The Labute approximate surface area is 89.6 Å². The van der Waals surface area contributed by atoms with Crippen LogP contribution in [-0.2, 0) is 6.54 Å². The van der Waals surface area contributed by atoms with E-state index < -0.39 is 0 Å². The summed E-state index contributed by atoms with van der Waals surface area (Å²) in [5, 5.41) is 8.63. The first kappa shape index (κ1) is 11.9. The lowest BCUT2D eigenvalue weighted by molar-refractivity contribution is 0.281. The van der Waals surface area contributed by atoms with Gasteiger partial charge in [-0.05, 0) is 33.1 Å². The molecule has 84 valence electrons. The molecule has 1 aromatic heterocycles. The van der Waals surface area contributed by atoms with Crippen molar-refractivity contribution in [3.63, 3.8) is 0 Å². The summed E-state index contributed by atoms with van der Waals surface area (Å²) < 4.78 is 1.68. The highest BCUT2D eigenvalue weighted by atomic mass is 16.2. The van der Waals surface area contributed by atoms with E-state index in [9.17, 15) is 4.79 Å². The van der Waals surface area contributed by atoms with Crippen LogP contribution in [0.25, 0.3) is 0 Å². The molecular formula is C11H18N2O2. The van der Waals surface area contributed by atoms with Crippen molar-refractivity contribution < 1.29 is 5.11 Å². The number of hydrogen-bond donors (Lipinski definition) is 1. The van der Waals surface area contributed by atoms with Gasteiger partial charge in [-0.3, -0.25) is 9.36 Å². The summed E-state index contributed by atoms with van der Waals surface area (Å²) in [4.78, 5) is 15.8. The summed E-state index contributed by atoms with van der Waals surface area (Å²) >= 11 is 0. The third-order valence-electron chi connectivity index (χ3n) is 2.37. The summed E-state index contributed by atoms with van der Waals surface area (Å²) in [6.07, 6.45) is 2.65. The van der Waals surface area contributed by atoms with Crippen molar-refractivity contribution in [3.05, 3.63) is 27.9 Å². The topological polar surface area (TPSA) is 55.1 Å². The van der Waals surface area contributed by atoms with E-state index in [2.05, 4.69) is 4.98 Å². The lowest BCUT2D eigenvalue weighted by atomic mass is 10.2. The molecule has 4 nitrogen and oxygen atoms in total. The molecule has 1 rings (SSSR count). The average molecular weight is 210 g/mol. The molecule has 0 aliphatic rings. The molecule has 0 aliphatic carbocycles. The van der Waals surface area contributed by atoms with E-state index in [4.69, 9.17) is 5.11 Å². The monoisotopic (exact) mass is 210 g/mol. The van der Waals surface area contributed by atoms with E-state index in [0.717, 1.165) is 30.8 Å². The highest BCUT2D eigenvalue weighted by molar-refractivity contribution is 5.01. The molecule has 0 amide bonds. The van der Waals surface area contributed by atoms with Crippen molar-refractivity contribution in [2.24, 2.45) is 0 Å². The maximum absolute atomic E-state index is 11.6. The molecule has 1 N–H and O–H groups in total. The minimum atomic E-state index is 0.0176. The van der Waals surface area contributed by atoms with Crippen LogP contribution in [0.5, 0.6) is 0 Å². The van der Waals surface area contributed by atoms with Gasteiger partial charge in [0, 0.05) is 24.9 Å². The number of rotatable bonds is 5. The molecule has 1 aromatic rings. The van der Waals surface area contributed by atoms with Gasteiger partial charge in [0.25, 0.3) is 5.56 Å². The Bertz CT molecular complexity index is 371. The Hall–Kier alpha value is -1.16. The van der Waals surface area contributed by atoms with Crippen LogP contribution >= 0.6 is 0 Å². The van der Waals surface area contributed by atoms with E-state index >= 15 is 0 Å². The highest BCUT2D eigenvalue weighted by Gasteiger charge is 2.01. The predicted octanol–water partition coefficient (Wildman–Crippen LogP) is 1.02. The highest BCUT2D eigenvalue weighted by Crippen LogP contribution is 1.99. The normalized spacial score (nSPS) is 10.6. The third kappa shape index (κ3) is 3.47. The van der Waals surface area contributed by atoms with Crippen LogP contribution in [0.4, 0.5) is 0 Å². The zero-order valence-electron chi connectivity index (χ0n) is 9.36. The van der Waals surface area contributed by atoms with Gasteiger partial charge in [0.05, 0.1) is 0 Å². The van der Waals surface area contributed by atoms with Crippen molar-refractivity contribution in [2.45, 2.75) is 39.7 Å². The summed E-state index contributed by atoms with van der Waals surface area (Å²) in [6.45, 7) is 4.59. The van der Waals surface area contributed by atoms with Gasteiger partial charge in [-0.1, -0.05) is 0 Å². The molecule has 1 heterocycles. The maximum atomic E-state index is 11.6. The van der Waals surface area contributed by atoms with Gasteiger partial charge in [-0.2, -0.15) is 0 Å². The molecule has 0 aliphatic heterocycles. The van der Waals surface area contributed by atoms with Crippen LogP contribution in [0.1, 0.15) is 30.8 Å². The van der Waals surface area contributed by atoms with Crippen LogP contribution in [0, 0.1) is 13.8 Å². The second kappa shape index (κ2) is 5.66. The molecule has 0 radical (unpaired) electrons. The minimum Gasteiger partial charge on any atom is -0.396 e. The number of aliphatic hydroxyl groups is 1. The fourth-order valence-corrected chi connectivity index (χ4v) is 1.59. The van der Waals surface area contributed by atoms with Gasteiger partial charge < -0.3 is 5.11 Å². The van der Waals surface area contributed by atoms with Crippen LogP contribution in [-0.4, -0.2) is 21.3 Å². The van der Waals surface area contributed by atoms with Crippen LogP contribution < -0.4 is 5.56 Å². The minimum absolute atomic E-state index is 0.0176. The van der Waals surface area contributed by atoms with Gasteiger partial charge in [0.15, 0.2) is 0 Å². The molecule has 0 aromatic carbocycles. The molecule has 4 heteroatoms. The predicted molar refractivity (Wildman–Crippen MR) is 58.9 cm³/mol. The molecule has 0 unspecified atom stereocenters. The van der Waals surface area contributed by atoms with Crippen LogP contribution in [0.2, 0.25) is 0 Å². The van der Waals surface area contributed by atoms with Crippen molar-refractivity contribution in [3.8, 4) is 0 Å². The molecule has 0 saturated carbocycles. The summed E-state index contributed by atoms with van der Waals surface area (Å²) in [5.41, 5.74) is 0.785. The molecule has 15 heavy (non-hydrogen) atoms. The van der Waals surface area contributed by atoms with Crippen LogP contribution in [0.3, 0.4) is 0 Å². The van der Waals surface area contributed by atoms with Crippen molar-refractivity contribution in [1.29, 1.82) is 0 Å². The van der Waals surface area contributed by atoms with Gasteiger partial charge in [0.2, 0.25) is 0 Å². The number of nitrogens with zero attached hydrogens (tertiary/aromatic N) is 2. The summed E-state index contributed by atoms with van der Waals surface area (Å²) in [6, 6.07) is 1.55. The first-order chi connectivity index (χ1) is 7.15. The Balaban J connectivity index is 2.65. The van der Waals surface area contributed by atoms with Crippen molar-refractivity contribution >= 4 is 0 Å². The number of aryl methyl sites for hydroxylation is 2. The molecule has 0 atom stereocenters. The van der Waals surface area contributed by atoms with E-state index in [-0.39, 0.29) is 12.2 Å². The second-order valence-corrected chi connectivity index (χ2v) is 3.72. The van der Waals surface area contributed by atoms with Crippen LogP contribution in [0.15, 0.2) is 10.9 Å². The van der Waals surface area contributed by atoms with Gasteiger partial charge >= 0.3 is 0 Å². The largest absolute Gasteiger partial charge is 0.396 e. The number of unbranched alkanes of at least 4 members (excludes halogenated alkanes) is 2. The third-order valence-corrected chi connectivity index (χ3v) is 2.37. The second-order valence-electron chi connectivity index (χ2n) is 3.72. The van der Waals surface area contributed by atoms with Gasteiger partial charge in [0.1, 0.15) is 5.82 Å². The van der Waals surface area contributed by atoms with Crippen molar-refractivity contribution in [1.82, 2.24) is 9.55 Å². The molecule has 0 bridgehead atoms. The molecular weight excluding hydrogens is 192 g/mol. The smallest absolute Gasteiger partial charge is 0.253 e. The van der Waals surface area contributed by atoms with E-state index in [0.29, 0.717) is 6.54 Å². The molecule has 0 spiro atoms. The standard InChI is InChI=1S/C11H18N2O2/c1-9-8-11(15)13(10(2)12-9)6-4-3-5-7-14/h8,14H,3-7H2,1-2H3. The molecule has 0 saturated heterocycles. The quantitative estimate of drug-likeness (QED) is 0.738. The van der Waals surface area contributed by atoms with E-state index in [1.165, 1.54) is 0 Å². The number of aliphatic hydroxyl groups excluding tert-OH is 1. The molecule has 0 fully saturated rings. The van der Waals surface area contributed by atoms with Gasteiger partial charge in [-0.25, -0.2) is 4.98 Å². The zero-order valence-corrected chi connectivity index (χ0v) is 9.36. The fourth-order valence-electron chi connectivity index (χ4n) is 1.59. The Morgan fingerprint density at radius 2 is 2.07 bits per heavy atom.